The van der Waals surface area contributed by atoms with Gasteiger partial charge in [0.15, 0.2) is 0 Å². The summed E-state index contributed by atoms with van der Waals surface area (Å²) in [4.78, 5) is 8.12. The van der Waals surface area contributed by atoms with E-state index in [1.165, 1.54) is 0 Å². The fourth-order valence-corrected chi connectivity index (χ4v) is 1.70. The summed E-state index contributed by atoms with van der Waals surface area (Å²) in [6.07, 6.45) is 6.70. The van der Waals surface area contributed by atoms with E-state index in [4.69, 9.17) is 16.3 Å². The van der Waals surface area contributed by atoms with Crippen LogP contribution >= 0.6 is 11.6 Å². The summed E-state index contributed by atoms with van der Waals surface area (Å²) in [6, 6.07) is 3.97. The maximum Gasteiger partial charge on any atom is 0.147 e. The largest absolute Gasteiger partial charge is 0.455 e. The monoisotopic (exact) mass is 277 g/mol. The molecule has 0 fully saturated rings. The predicted molar refractivity (Wildman–Crippen MR) is 75.5 cm³/mol. The second-order valence-electron chi connectivity index (χ2n) is 4.46. The molecule has 5 heteroatoms. The van der Waals surface area contributed by atoms with E-state index < -0.39 is 0 Å². The minimum absolute atomic E-state index is 0.404. The topological polar surface area (TPSA) is 47.0 Å². The van der Waals surface area contributed by atoms with Crippen molar-refractivity contribution in [1.82, 2.24) is 15.3 Å². The Hall–Kier alpha value is -1.65. The summed E-state index contributed by atoms with van der Waals surface area (Å²) in [5.74, 6) is 1.37. The van der Waals surface area contributed by atoms with Crippen molar-refractivity contribution in [2.75, 3.05) is 0 Å². The van der Waals surface area contributed by atoms with Crippen LogP contribution in [0.3, 0.4) is 0 Å². The minimum Gasteiger partial charge on any atom is -0.455 e. The molecule has 0 unspecified atom stereocenters. The lowest BCUT2D eigenvalue weighted by molar-refractivity contribution is 0.466. The summed E-state index contributed by atoms with van der Waals surface area (Å²) < 4.78 is 5.80. The van der Waals surface area contributed by atoms with Crippen LogP contribution in [-0.2, 0) is 6.54 Å². The van der Waals surface area contributed by atoms with E-state index in [1.807, 2.05) is 6.07 Å². The van der Waals surface area contributed by atoms with E-state index in [2.05, 4.69) is 29.1 Å². The third kappa shape index (κ3) is 4.19. The summed E-state index contributed by atoms with van der Waals surface area (Å²) in [5.41, 5.74) is 0.996. The molecule has 0 aromatic carbocycles. The Morgan fingerprint density at radius 3 is 2.84 bits per heavy atom. The predicted octanol–water partition coefficient (Wildman–Crippen LogP) is 3.42. The van der Waals surface area contributed by atoms with Gasteiger partial charge in [-0.15, -0.1) is 0 Å². The van der Waals surface area contributed by atoms with Gasteiger partial charge in [-0.25, -0.2) is 0 Å². The molecule has 2 rings (SSSR count). The van der Waals surface area contributed by atoms with Crippen molar-refractivity contribution in [2.45, 2.75) is 26.4 Å². The summed E-state index contributed by atoms with van der Waals surface area (Å²) in [5, 5.41) is 3.89. The summed E-state index contributed by atoms with van der Waals surface area (Å²) in [7, 11) is 0. The van der Waals surface area contributed by atoms with Crippen LogP contribution in [0.5, 0.6) is 11.5 Å². The Labute approximate surface area is 117 Å². The molecule has 0 bridgehead atoms. The molecule has 2 aromatic heterocycles. The summed E-state index contributed by atoms with van der Waals surface area (Å²) in [6.45, 7) is 4.89. The minimum atomic E-state index is 0.404. The number of pyridine rings is 2. The number of hydrogen-bond donors (Lipinski definition) is 1. The lowest BCUT2D eigenvalue weighted by Gasteiger charge is -2.12. The van der Waals surface area contributed by atoms with E-state index >= 15 is 0 Å². The maximum absolute atomic E-state index is 5.89. The van der Waals surface area contributed by atoms with Gasteiger partial charge >= 0.3 is 0 Å². The Morgan fingerprint density at radius 2 is 2.11 bits per heavy atom. The van der Waals surface area contributed by atoms with Gasteiger partial charge < -0.3 is 10.1 Å². The molecule has 100 valence electrons. The normalized spacial score (nSPS) is 10.7. The number of nitrogens with one attached hydrogen (secondary N) is 1. The third-order valence-electron chi connectivity index (χ3n) is 2.47. The first-order valence-electron chi connectivity index (χ1n) is 6.10. The molecule has 4 nitrogen and oxygen atoms in total. The number of halogens is 1. The van der Waals surface area contributed by atoms with Gasteiger partial charge in [0.05, 0.1) is 11.2 Å². The fraction of sp³-hybridized carbons (Fsp3) is 0.286. The van der Waals surface area contributed by atoms with Gasteiger partial charge in [-0.3, -0.25) is 9.97 Å². The quantitative estimate of drug-likeness (QED) is 0.910. The highest BCUT2D eigenvalue weighted by Gasteiger charge is 2.06. The fourth-order valence-electron chi connectivity index (χ4n) is 1.54. The van der Waals surface area contributed by atoms with Crippen molar-refractivity contribution in [1.29, 1.82) is 0 Å². The number of nitrogens with zero attached hydrogens (tertiary/aromatic N) is 2. The number of rotatable bonds is 5. The molecular formula is C14H16ClN3O. The Morgan fingerprint density at radius 1 is 1.26 bits per heavy atom. The second-order valence-corrected chi connectivity index (χ2v) is 4.90. The smallest absolute Gasteiger partial charge is 0.147 e. The van der Waals surface area contributed by atoms with Gasteiger partial charge in [0.1, 0.15) is 11.5 Å². The first-order valence-corrected chi connectivity index (χ1v) is 6.47. The van der Waals surface area contributed by atoms with Crippen molar-refractivity contribution in [2.24, 2.45) is 0 Å². The van der Waals surface area contributed by atoms with Crippen molar-refractivity contribution in [3.63, 3.8) is 0 Å². The van der Waals surface area contributed by atoms with Crippen LogP contribution in [-0.4, -0.2) is 16.0 Å². The van der Waals surface area contributed by atoms with Gasteiger partial charge in [-0.1, -0.05) is 25.4 Å². The van der Waals surface area contributed by atoms with Crippen LogP contribution < -0.4 is 10.1 Å². The molecule has 0 aliphatic heterocycles. The highest BCUT2D eigenvalue weighted by molar-refractivity contribution is 6.30. The van der Waals surface area contributed by atoms with Crippen LogP contribution in [0.2, 0.25) is 5.02 Å². The molecule has 0 radical (unpaired) electrons. The van der Waals surface area contributed by atoms with Crippen LogP contribution in [0.1, 0.15) is 19.4 Å². The van der Waals surface area contributed by atoms with E-state index in [0.717, 1.165) is 11.3 Å². The number of hydrogen-bond acceptors (Lipinski definition) is 4. The number of aromatic nitrogens is 2. The van der Waals surface area contributed by atoms with E-state index in [-0.39, 0.29) is 0 Å². The van der Waals surface area contributed by atoms with Crippen LogP contribution in [0.25, 0.3) is 0 Å². The van der Waals surface area contributed by atoms with Crippen molar-refractivity contribution in [3.8, 4) is 11.5 Å². The van der Waals surface area contributed by atoms with E-state index in [9.17, 15) is 0 Å². The highest BCUT2D eigenvalue weighted by atomic mass is 35.5. The van der Waals surface area contributed by atoms with Crippen molar-refractivity contribution < 1.29 is 4.74 Å². The average molecular weight is 278 g/mol. The van der Waals surface area contributed by atoms with Gasteiger partial charge in [0.2, 0.25) is 0 Å². The van der Waals surface area contributed by atoms with Gasteiger partial charge in [-0.05, 0) is 6.07 Å². The molecule has 19 heavy (non-hydrogen) atoms. The lowest BCUT2D eigenvalue weighted by Crippen LogP contribution is -2.22. The first kappa shape index (κ1) is 13.8. The second kappa shape index (κ2) is 6.50. The molecule has 0 saturated heterocycles. The standard InChI is InChI=1S/C14H16ClN3O/c1-10(2)18-7-11-6-16-4-3-14(11)19-13-5-12(15)8-17-9-13/h3-6,8-10,18H,7H2,1-2H3. The molecule has 2 aromatic rings. The van der Waals surface area contributed by atoms with Gasteiger partial charge in [0, 0.05) is 42.8 Å². The summed E-state index contributed by atoms with van der Waals surface area (Å²) >= 11 is 5.89. The van der Waals surface area contributed by atoms with Crippen molar-refractivity contribution in [3.05, 3.63) is 47.5 Å². The molecular weight excluding hydrogens is 262 g/mol. The lowest BCUT2D eigenvalue weighted by atomic mass is 10.2. The van der Waals surface area contributed by atoms with Gasteiger partial charge in [0.25, 0.3) is 0 Å². The molecule has 0 amide bonds. The molecule has 0 atom stereocenters. The van der Waals surface area contributed by atoms with Crippen LogP contribution in [0, 0.1) is 0 Å². The SMILES string of the molecule is CC(C)NCc1cnccc1Oc1cncc(Cl)c1. The molecule has 2 heterocycles. The highest BCUT2D eigenvalue weighted by Crippen LogP contribution is 2.25. The zero-order valence-electron chi connectivity index (χ0n) is 10.9. The zero-order chi connectivity index (χ0) is 13.7. The van der Waals surface area contributed by atoms with E-state index in [1.54, 1.807) is 30.9 Å². The zero-order valence-corrected chi connectivity index (χ0v) is 11.7. The third-order valence-corrected chi connectivity index (χ3v) is 2.67. The first-order chi connectivity index (χ1) is 9.15. The molecule has 0 saturated carbocycles. The average Bonchev–Trinajstić information content (AvgIpc) is 2.38. The number of ether oxygens (including phenoxy) is 1. The Balaban J connectivity index is 2.15. The Kier molecular flexibility index (Phi) is 4.71. The maximum atomic E-state index is 5.89. The van der Waals surface area contributed by atoms with Crippen molar-refractivity contribution >= 4 is 11.6 Å². The van der Waals surface area contributed by atoms with Gasteiger partial charge in [-0.2, -0.15) is 0 Å². The van der Waals surface area contributed by atoms with E-state index in [0.29, 0.717) is 23.4 Å². The van der Waals surface area contributed by atoms with Crippen LogP contribution in [0.4, 0.5) is 0 Å². The molecule has 0 aliphatic rings. The molecule has 1 N–H and O–H groups in total. The molecule has 0 aliphatic carbocycles. The molecule has 0 spiro atoms. The van der Waals surface area contributed by atoms with Crippen LogP contribution in [0.15, 0.2) is 36.9 Å². The Bertz CT molecular complexity index is 546.